The maximum Gasteiger partial charge on any atom is 0.0891 e. The molecule has 58 valence electrons. The Morgan fingerprint density at radius 3 is 3.20 bits per heavy atom. The highest BCUT2D eigenvalue weighted by atomic mass is 16.6. The number of methoxy groups -OCH3 is 1. The van der Waals surface area contributed by atoms with Gasteiger partial charge in [0.15, 0.2) is 0 Å². The van der Waals surface area contributed by atoms with E-state index < -0.39 is 0 Å². The van der Waals surface area contributed by atoms with Crippen LogP contribution in [-0.4, -0.2) is 25.9 Å². The summed E-state index contributed by atoms with van der Waals surface area (Å²) in [5, 5.41) is 0. The normalized spacial score (nSPS) is 44.7. The van der Waals surface area contributed by atoms with Gasteiger partial charge in [-0.3, -0.25) is 0 Å². The zero-order chi connectivity index (χ0) is 6.97. The van der Waals surface area contributed by atoms with E-state index in [0.717, 1.165) is 6.61 Å². The minimum Gasteiger partial charge on any atom is -0.384 e. The standard InChI is InChI=1S/C8H14O2/c1-9-5-6-3-2-4-7-8(6)10-7/h6-8H,2-5H2,1H3/t6-,7-,8+/m0/s1. The first-order chi connectivity index (χ1) is 4.92. The highest BCUT2D eigenvalue weighted by Crippen LogP contribution is 2.40. The molecule has 1 saturated carbocycles. The fourth-order valence-electron chi connectivity index (χ4n) is 1.94. The maximum absolute atomic E-state index is 5.46. The van der Waals surface area contributed by atoms with Crippen LogP contribution in [0.2, 0.25) is 0 Å². The molecule has 1 aliphatic carbocycles. The number of ether oxygens (including phenoxy) is 2. The van der Waals surface area contributed by atoms with Gasteiger partial charge in [0.25, 0.3) is 0 Å². The summed E-state index contributed by atoms with van der Waals surface area (Å²) in [5.74, 6) is 0.698. The van der Waals surface area contributed by atoms with Crippen LogP contribution in [-0.2, 0) is 9.47 Å². The number of rotatable bonds is 2. The second-order valence-electron chi connectivity index (χ2n) is 3.29. The van der Waals surface area contributed by atoms with Crippen molar-refractivity contribution in [2.45, 2.75) is 31.5 Å². The van der Waals surface area contributed by atoms with Crippen molar-refractivity contribution in [3.63, 3.8) is 0 Å². The average Bonchev–Trinajstić information content (AvgIpc) is 2.67. The Kier molecular flexibility index (Phi) is 1.66. The molecule has 0 bridgehead atoms. The Balaban J connectivity index is 1.84. The lowest BCUT2D eigenvalue weighted by molar-refractivity contribution is 0.128. The molecule has 3 atom stereocenters. The lowest BCUT2D eigenvalue weighted by Crippen LogP contribution is -2.20. The highest BCUT2D eigenvalue weighted by molar-refractivity contribution is 4.94. The Hall–Kier alpha value is -0.0800. The summed E-state index contributed by atoms with van der Waals surface area (Å²) in [6.45, 7) is 0.890. The van der Waals surface area contributed by atoms with Crippen LogP contribution < -0.4 is 0 Å². The molecule has 0 spiro atoms. The molecule has 1 saturated heterocycles. The van der Waals surface area contributed by atoms with Crippen molar-refractivity contribution in [2.24, 2.45) is 5.92 Å². The summed E-state index contributed by atoms with van der Waals surface area (Å²) < 4.78 is 10.6. The predicted octanol–water partition coefficient (Wildman–Crippen LogP) is 1.20. The van der Waals surface area contributed by atoms with Crippen molar-refractivity contribution in [3.05, 3.63) is 0 Å². The van der Waals surface area contributed by atoms with Gasteiger partial charge in [0.2, 0.25) is 0 Å². The Bertz CT molecular complexity index is 122. The molecule has 0 aromatic rings. The number of epoxide rings is 1. The smallest absolute Gasteiger partial charge is 0.0891 e. The summed E-state index contributed by atoms with van der Waals surface area (Å²) >= 11 is 0. The van der Waals surface area contributed by atoms with Crippen LogP contribution in [0.15, 0.2) is 0 Å². The molecular weight excluding hydrogens is 128 g/mol. The topological polar surface area (TPSA) is 21.8 Å². The van der Waals surface area contributed by atoms with Gasteiger partial charge in [0.05, 0.1) is 18.8 Å². The van der Waals surface area contributed by atoms with Gasteiger partial charge in [-0.2, -0.15) is 0 Å². The van der Waals surface area contributed by atoms with Crippen LogP contribution in [0.3, 0.4) is 0 Å². The monoisotopic (exact) mass is 142 g/mol. The van der Waals surface area contributed by atoms with Gasteiger partial charge >= 0.3 is 0 Å². The summed E-state index contributed by atoms with van der Waals surface area (Å²) in [6.07, 6.45) is 5.08. The van der Waals surface area contributed by atoms with Crippen molar-refractivity contribution in [2.75, 3.05) is 13.7 Å². The molecule has 0 radical (unpaired) electrons. The van der Waals surface area contributed by atoms with Crippen LogP contribution in [0, 0.1) is 5.92 Å². The van der Waals surface area contributed by atoms with Gasteiger partial charge in [-0.05, 0) is 12.8 Å². The maximum atomic E-state index is 5.46. The van der Waals surface area contributed by atoms with Gasteiger partial charge in [-0.1, -0.05) is 6.42 Å². The minimum atomic E-state index is 0.564. The van der Waals surface area contributed by atoms with Gasteiger partial charge in [0, 0.05) is 13.0 Å². The van der Waals surface area contributed by atoms with E-state index in [1.165, 1.54) is 19.3 Å². The fraction of sp³-hybridized carbons (Fsp3) is 1.00. The van der Waals surface area contributed by atoms with E-state index >= 15 is 0 Å². The van der Waals surface area contributed by atoms with E-state index in [-0.39, 0.29) is 0 Å². The van der Waals surface area contributed by atoms with Crippen molar-refractivity contribution in [1.29, 1.82) is 0 Å². The molecule has 0 aromatic carbocycles. The molecule has 1 aliphatic heterocycles. The molecular formula is C8H14O2. The van der Waals surface area contributed by atoms with Crippen molar-refractivity contribution in [1.82, 2.24) is 0 Å². The second-order valence-corrected chi connectivity index (χ2v) is 3.29. The minimum absolute atomic E-state index is 0.564. The molecule has 1 heterocycles. The van der Waals surface area contributed by atoms with E-state index in [4.69, 9.17) is 9.47 Å². The molecule has 0 unspecified atom stereocenters. The quantitative estimate of drug-likeness (QED) is 0.540. The van der Waals surface area contributed by atoms with E-state index in [1.54, 1.807) is 7.11 Å². The molecule has 2 fully saturated rings. The third-order valence-electron chi connectivity index (χ3n) is 2.53. The third-order valence-corrected chi connectivity index (χ3v) is 2.53. The summed E-state index contributed by atoms with van der Waals surface area (Å²) in [7, 11) is 1.77. The summed E-state index contributed by atoms with van der Waals surface area (Å²) in [5.41, 5.74) is 0. The van der Waals surface area contributed by atoms with Gasteiger partial charge in [0.1, 0.15) is 0 Å². The molecule has 2 aliphatic rings. The second kappa shape index (κ2) is 2.51. The first-order valence-corrected chi connectivity index (χ1v) is 4.06. The third kappa shape index (κ3) is 1.06. The lowest BCUT2D eigenvalue weighted by atomic mass is 9.90. The first kappa shape index (κ1) is 6.62. The van der Waals surface area contributed by atoms with Gasteiger partial charge < -0.3 is 9.47 Å². The molecule has 0 aromatic heterocycles. The molecule has 2 nitrogen and oxygen atoms in total. The summed E-state index contributed by atoms with van der Waals surface area (Å²) in [6, 6.07) is 0. The Labute approximate surface area is 61.5 Å². The molecule has 2 heteroatoms. The lowest BCUT2D eigenvalue weighted by Gasteiger charge is -2.16. The van der Waals surface area contributed by atoms with Crippen LogP contribution in [0.25, 0.3) is 0 Å². The van der Waals surface area contributed by atoms with Crippen molar-refractivity contribution >= 4 is 0 Å². The predicted molar refractivity (Wildman–Crippen MR) is 37.9 cm³/mol. The van der Waals surface area contributed by atoms with Gasteiger partial charge in [-0.25, -0.2) is 0 Å². The SMILES string of the molecule is COC[C@@H]1CCC[C@@H]2O[C@H]12. The number of hydrogen-bond acceptors (Lipinski definition) is 2. The first-order valence-electron chi connectivity index (χ1n) is 4.06. The largest absolute Gasteiger partial charge is 0.384 e. The van der Waals surface area contributed by atoms with E-state index in [1.807, 2.05) is 0 Å². The zero-order valence-electron chi connectivity index (χ0n) is 6.38. The van der Waals surface area contributed by atoms with Crippen molar-refractivity contribution < 1.29 is 9.47 Å². The van der Waals surface area contributed by atoms with Crippen molar-refractivity contribution in [3.8, 4) is 0 Å². The van der Waals surface area contributed by atoms with E-state index in [2.05, 4.69) is 0 Å². The fourth-order valence-corrected chi connectivity index (χ4v) is 1.94. The Morgan fingerprint density at radius 2 is 2.40 bits per heavy atom. The molecule has 10 heavy (non-hydrogen) atoms. The molecule has 0 N–H and O–H groups in total. The zero-order valence-corrected chi connectivity index (χ0v) is 6.38. The van der Waals surface area contributed by atoms with Crippen LogP contribution >= 0.6 is 0 Å². The average molecular weight is 142 g/mol. The van der Waals surface area contributed by atoms with Crippen LogP contribution in [0.5, 0.6) is 0 Å². The van der Waals surface area contributed by atoms with E-state index in [0.29, 0.717) is 18.1 Å². The van der Waals surface area contributed by atoms with Gasteiger partial charge in [-0.15, -0.1) is 0 Å². The molecule has 0 amide bonds. The highest BCUT2D eigenvalue weighted by Gasteiger charge is 2.46. The molecule has 2 rings (SSSR count). The number of fused-ring (bicyclic) bond motifs is 1. The summed E-state index contributed by atoms with van der Waals surface area (Å²) in [4.78, 5) is 0. The van der Waals surface area contributed by atoms with Crippen LogP contribution in [0.4, 0.5) is 0 Å². The Morgan fingerprint density at radius 1 is 1.50 bits per heavy atom. The number of hydrogen-bond donors (Lipinski definition) is 0. The van der Waals surface area contributed by atoms with E-state index in [9.17, 15) is 0 Å². The van der Waals surface area contributed by atoms with Crippen LogP contribution in [0.1, 0.15) is 19.3 Å².